The van der Waals surface area contributed by atoms with Gasteiger partial charge >= 0.3 is 0 Å². The summed E-state index contributed by atoms with van der Waals surface area (Å²) in [5.41, 5.74) is 8.56. The first kappa shape index (κ1) is 12.8. The van der Waals surface area contributed by atoms with Gasteiger partial charge in [-0.3, -0.25) is 5.10 Å². The van der Waals surface area contributed by atoms with Crippen LogP contribution >= 0.6 is 11.3 Å². The van der Waals surface area contributed by atoms with E-state index in [2.05, 4.69) is 55.5 Å². The van der Waals surface area contributed by atoms with Crippen LogP contribution in [0.3, 0.4) is 0 Å². The van der Waals surface area contributed by atoms with Crippen LogP contribution in [-0.4, -0.2) is 25.2 Å². The Morgan fingerprint density at radius 1 is 1.26 bits per heavy atom. The Kier molecular flexibility index (Phi) is 2.72. The van der Waals surface area contributed by atoms with E-state index in [-0.39, 0.29) is 0 Å². The van der Waals surface area contributed by atoms with Crippen LogP contribution in [0.4, 0.5) is 0 Å². The van der Waals surface area contributed by atoms with Gasteiger partial charge in [-0.05, 0) is 28.6 Å². The third-order valence-corrected chi connectivity index (χ3v) is 4.97. The lowest BCUT2D eigenvalue weighted by Crippen LogP contribution is -2.01. The van der Waals surface area contributed by atoms with Crippen molar-refractivity contribution in [3.8, 4) is 22.5 Å². The molecule has 0 saturated carbocycles. The normalized spacial score (nSPS) is 12.3. The van der Waals surface area contributed by atoms with Crippen LogP contribution in [0.5, 0.6) is 0 Å². The molecule has 3 aromatic heterocycles. The maximum Gasteiger partial charge on any atom is 0.0970 e. The molecule has 5 nitrogen and oxygen atoms in total. The summed E-state index contributed by atoms with van der Waals surface area (Å²) in [6.45, 7) is 0.730. The van der Waals surface area contributed by atoms with Crippen LogP contribution in [-0.2, 0) is 13.0 Å². The van der Waals surface area contributed by atoms with Crippen LogP contribution in [0.25, 0.3) is 22.5 Å². The molecule has 0 fully saturated rings. The molecule has 1 aliphatic rings. The quantitative estimate of drug-likeness (QED) is 0.555. The molecule has 4 aromatic rings. The zero-order valence-corrected chi connectivity index (χ0v) is 13.0. The summed E-state index contributed by atoms with van der Waals surface area (Å²) in [4.78, 5) is 0. The van der Waals surface area contributed by atoms with Crippen molar-refractivity contribution in [1.29, 1.82) is 0 Å². The number of aromatic amines is 1. The molecule has 0 amide bonds. The van der Waals surface area contributed by atoms with E-state index >= 15 is 0 Å². The number of hydrogen-bond donors (Lipinski definition) is 1. The number of nitrogens with one attached hydrogen (secondary N) is 1. The Bertz CT molecular complexity index is 967. The minimum absolute atomic E-state index is 0.730. The Morgan fingerprint density at radius 2 is 2.26 bits per heavy atom. The predicted octanol–water partition coefficient (Wildman–Crippen LogP) is 3.35. The molecular formula is C17H13N5S. The van der Waals surface area contributed by atoms with Crippen LogP contribution in [0.2, 0.25) is 0 Å². The van der Waals surface area contributed by atoms with Gasteiger partial charge in [-0.2, -0.15) is 16.4 Å². The molecule has 0 atom stereocenters. The summed E-state index contributed by atoms with van der Waals surface area (Å²) in [7, 11) is 0. The van der Waals surface area contributed by atoms with Gasteiger partial charge in [-0.25, -0.2) is 4.68 Å². The highest BCUT2D eigenvalue weighted by molar-refractivity contribution is 7.08. The summed E-state index contributed by atoms with van der Waals surface area (Å²) >= 11 is 1.70. The van der Waals surface area contributed by atoms with Crippen molar-refractivity contribution < 1.29 is 0 Å². The fraction of sp³-hybridized carbons (Fsp3) is 0.118. The fourth-order valence-corrected chi connectivity index (χ4v) is 3.84. The molecule has 1 aromatic carbocycles. The summed E-state index contributed by atoms with van der Waals surface area (Å²) in [5, 5.41) is 19.9. The van der Waals surface area contributed by atoms with Crippen molar-refractivity contribution >= 4 is 11.3 Å². The lowest BCUT2D eigenvalue weighted by molar-refractivity contribution is 0.649. The molecule has 23 heavy (non-hydrogen) atoms. The number of fused-ring (bicyclic) bond motifs is 3. The predicted molar refractivity (Wildman–Crippen MR) is 89.3 cm³/mol. The second-order valence-corrected chi connectivity index (χ2v) is 6.49. The standard InChI is InChI=1S/C17H13N5S/c1-2-12-8-15-16(13-3-6-23-10-13)19-20-17(15)14(12)7-11(1)9-22-5-4-18-21-22/h1-7,10H,8-9H2,(H,19,20). The molecule has 0 bridgehead atoms. The van der Waals surface area contributed by atoms with Gasteiger partial charge in [0.05, 0.1) is 24.1 Å². The van der Waals surface area contributed by atoms with Gasteiger partial charge in [0.1, 0.15) is 0 Å². The van der Waals surface area contributed by atoms with Crippen molar-refractivity contribution in [3.63, 3.8) is 0 Å². The van der Waals surface area contributed by atoms with E-state index in [1.165, 1.54) is 27.8 Å². The maximum atomic E-state index is 4.54. The highest BCUT2D eigenvalue weighted by Gasteiger charge is 2.25. The topological polar surface area (TPSA) is 59.4 Å². The molecule has 0 aliphatic heterocycles. The van der Waals surface area contributed by atoms with Crippen molar-refractivity contribution in [2.24, 2.45) is 0 Å². The van der Waals surface area contributed by atoms with E-state index in [4.69, 9.17) is 0 Å². The van der Waals surface area contributed by atoms with Crippen LogP contribution in [0, 0.1) is 0 Å². The second-order valence-electron chi connectivity index (χ2n) is 5.71. The van der Waals surface area contributed by atoms with E-state index in [9.17, 15) is 0 Å². The van der Waals surface area contributed by atoms with Gasteiger partial charge in [0.2, 0.25) is 0 Å². The minimum Gasteiger partial charge on any atom is -0.277 e. The average molecular weight is 319 g/mol. The Balaban J connectivity index is 1.55. The Morgan fingerprint density at radius 3 is 3.09 bits per heavy atom. The van der Waals surface area contributed by atoms with E-state index in [0.29, 0.717) is 0 Å². The lowest BCUT2D eigenvalue weighted by atomic mass is 10.1. The molecule has 1 N–H and O–H groups in total. The maximum absolute atomic E-state index is 4.54. The van der Waals surface area contributed by atoms with Crippen LogP contribution in [0.1, 0.15) is 16.7 Å². The molecule has 1 aliphatic carbocycles. The van der Waals surface area contributed by atoms with E-state index in [1.54, 1.807) is 17.5 Å². The molecule has 0 saturated heterocycles. The largest absolute Gasteiger partial charge is 0.277 e. The first-order valence-electron chi connectivity index (χ1n) is 7.44. The van der Waals surface area contributed by atoms with Gasteiger partial charge in [0, 0.05) is 34.7 Å². The molecule has 0 radical (unpaired) electrons. The van der Waals surface area contributed by atoms with Gasteiger partial charge < -0.3 is 0 Å². The number of thiophene rings is 1. The van der Waals surface area contributed by atoms with E-state index in [0.717, 1.165) is 24.4 Å². The molecule has 0 unspecified atom stereocenters. The Labute approximate surface area is 136 Å². The molecule has 112 valence electrons. The monoisotopic (exact) mass is 319 g/mol. The summed E-state index contributed by atoms with van der Waals surface area (Å²) in [6.07, 6.45) is 4.52. The molecule has 5 rings (SSSR count). The van der Waals surface area contributed by atoms with Gasteiger partial charge in [0.25, 0.3) is 0 Å². The highest BCUT2D eigenvalue weighted by atomic mass is 32.1. The van der Waals surface area contributed by atoms with Crippen molar-refractivity contribution in [2.45, 2.75) is 13.0 Å². The molecule has 3 heterocycles. The SMILES string of the molecule is c1cn(Cc2ccc3c(c2)-c2[nH]nc(-c4ccsc4)c2C3)nn1. The Hall–Kier alpha value is -2.73. The molecule has 6 heteroatoms. The van der Waals surface area contributed by atoms with Gasteiger partial charge in [-0.15, -0.1) is 5.10 Å². The summed E-state index contributed by atoms with van der Waals surface area (Å²) < 4.78 is 1.83. The number of benzene rings is 1. The lowest BCUT2D eigenvalue weighted by Gasteiger charge is -2.05. The average Bonchev–Trinajstić information content (AvgIpc) is 3.32. The summed E-state index contributed by atoms with van der Waals surface area (Å²) in [6, 6.07) is 8.75. The zero-order valence-electron chi connectivity index (χ0n) is 12.2. The van der Waals surface area contributed by atoms with Crippen LogP contribution in [0.15, 0.2) is 47.4 Å². The minimum atomic E-state index is 0.730. The zero-order chi connectivity index (χ0) is 15.2. The second kappa shape index (κ2) is 4.89. The molecular weight excluding hydrogens is 306 g/mol. The summed E-state index contributed by atoms with van der Waals surface area (Å²) in [5.74, 6) is 0. The number of aromatic nitrogens is 5. The van der Waals surface area contributed by atoms with Crippen LogP contribution < -0.4 is 0 Å². The number of rotatable bonds is 3. The smallest absolute Gasteiger partial charge is 0.0970 e. The van der Waals surface area contributed by atoms with Gasteiger partial charge in [-0.1, -0.05) is 17.3 Å². The third-order valence-electron chi connectivity index (χ3n) is 4.29. The van der Waals surface area contributed by atoms with Crippen molar-refractivity contribution in [1.82, 2.24) is 25.2 Å². The number of nitrogens with zero attached hydrogens (tertiary/aromatic N) is 4. The first-order chi connectivity index (χ1) is 11.4. The van der Waals surface area contributed by atoms with E-state index < -0.39 is 0 Å². The first-order valence-corrected chi connectivity index (χ1v) is 8.39. The highest BCUT2D eigenvalue weighted by Crippen LogP contribution is 2.40. The van der Waals surface area contributed by atoms with Crippen molar-refractivity contribution in [3.05, 3.63) is 64.1 Å². The van der Waals surface area contributed by atoms with Crippen molar-refractivity contribution in [2.75, 3.05) is 0 Å². The third kappa shape index (κ3) is 2.03. The molecule has 0 spiro atoms. The number of hydrogen-bond acceptors (Lipinski definition) is 4. The number of H-pyrrole nitrogens is 1. The fourth-order valence-electron chi connectivity index (χ4n) is 3.20. The van der Waals surface area contributed by atoms with E-state index in [1.807, 2.05) is 10.9 Å². The van der Waals surface area contributed by atoms with Gasteiger partial charge in [0.15, 0.2) is 0 Å².